The summed E-state index contributed by atoms with van der Waals surface area (Å²) in [5.41, 5.74) is 1.67. The molecule has 0 saturated heterocycles. The number of carbonyl (C=O) groups excluding carboxylic acids is 1. The number of para-hydroxylation sites is 2. The fourth-order valence-electron chi connectivity index (χ4n) is 3.51. The second-order valence-corrected chi connectivity index (χ2v) is 9.32. The van der Waals surface area contributed by atoms with Crippen molar-refractivity contribution in [2.75, 3.05) is 32.1 Å². The predicted molar refractivity (Wildman–Crippen MR) is 129 cm³/mol. The van der Waals surface area contributed by atoms with Crippen molar-refractivity contribution in [1.29, 1.82) is 0 Å². The Hall–Kier alpha value is -2.95. The zero-order chi connectivity index (χ0) is 24.0. The van der Waals surface area contributed by atoms with Gasteiger partial charge in [0.2, 0.25) is 21.9 Å². The van der Waals surface area contributed by atoms with E-state index < -0.39 is 22.0 Å². The number of nitrogens with zero attached hydrogens (tertiary/aromatic N) is 3. The number of likely N-dealkylation sites (N-methyl/N-ethyl adjacent to an activating group) is 1. The van der Waals surface area contributed by atoms with Crippen LogP contribution in [0.5, 0.6) is 5.75 Å². The Morgan fingerprint density at radius 1 is 1.12 bits per heavy atom. The first kappa shape index (κ1) is 24.7. The first-order chi connectivity index (χ1) is 15.8. The van der Waals surface area contributed by atoms with E-state index in [0.29, 0.717) is 18.2 Å². The Morgan fingerprint density at radius 3 is 2.42 bits per heavy atom. The Balaban J connectivity index is 1.77. The standard InChI is InChI=1S/C23H31N5O4S/c1-5-27(6-2)15-16-28-21-10-8-7-9-20(21)24-23(28)25-22(29)17(3)26-33(30,31)19-13-11-18(32-4)12-14-19/h7-14,17,26H,5-6,15-16H2,1-4H3,(H,24,25,29)/t17-/m0/s1. The van der Waals surface area contributed by atoms with Crippen molar-refractivity contribution in [3.63, 3.8) is 0 Å². The fraction of sp³-hybridized carbons (Fsp3) is 0.391. The molecule has 1 atom stereocenters. The number of amides is 1. The minimum Gasteiger partial charge on any atom is -0.497 e. The van der Waals surface area contributed by atoms with Crippen LogP contribution in [0, 0.1) is 0 Å². The van der Waals surface area contributed by atoms with Gasteiger partial charge in [-0.15, -0.1) is 0 Å². The van der Waals surface area contributed by atoms with Crippen molar-refractivity contribution in [1.82, 2.24) is 19.2 Å². The number of nitrogens with one attached hydrogen (secondary N) is 2. The summed E-state index contributed by atoms with van der Waals surface area (Å²) in [6.07, 6.45) is 0. The number of fused-ring (bicyclic) bond motifs is 1. The molecular weight excluding hydrogens is 442 g/mol. The maximum absolute atomic E-state index is 12.9. The van der Waals surface area contributed by atoms with E-state index in [-0.39, 0.29) is 4.90 Å². The van der Waals surface area contributed by atoms with E-state index in [1.807, 2.05) is 28.8 Å². The lowest BCUT2D eigenvalue weighted by atomic mass is 10.3. The molecule has 0 aliphatic heterocycles. The summed E-state index contributed by atoms with van der Waals surface area (Å²) in [6.45, 7) is 9.01. The van der Waals surface area contributed by atoms with Crippen LogP contribution in [0.1, 0.15) is 20.8 Å². The van der Waals surface area contributed by atoms with Crippen LogP contribution in [-0.2, 0) is 21.4 Å². The predicted octanol–water partition coefficient (Wildman–Crippen LogP) is 2.69. The molecule has 2 aromatic carbocycles. The molecule has 10 heteroatoms. The average molecular weight is 474 g/mol. The lowest BCUT2D eigenvalue weighted by Crippen LogP contribution is -2.42. The number of ether oxygens (including phenoxy) is 1. The average Bonchev–Trinajstić information content (AvgIpc) is 3.16. The summed E-state index contributed by atoms with van der Waals surface area (Å²) in [5.74, 6) is 0.443. The molecule has 0 bridgehead atoms. The topological polar surface area (TPSA) is 106 Å². The lowest BCUT2D eigenvalue weighted by Gasteiger charge is -2.20. The number of rotatable bonds is 11. The zero-order valence-electron chi connectivity index (χ0n) is 19.4. The maximum Gasteiger partial charge on any atom is 0.244 e. The van der Waals surface area contributed by atoms with E-state index >= 15 is 0 Å². The van der Waals surface area contributed by atoms with Gasteiger partial charge in [0.1, 0.15) is 5.75 Å². The van der Waals surface area contributed by atoms with E-state index in [1.54, 1.807) is 12.1 Å². The number of carbonyl (C=O) groups is 1. The molecular formula is C23H31N5O4S. The molecule has 0 aliphatic rings. The third-order valence-electron chi connectivity index (χ3n) is 5.52. The molecule has 178 valence electrons. The van der Waals surface area contributed by atoms with E-state index in [4.69, 9.17) is 4.74 Å². The Bertz CT molecular complexity index is 1190. The SMILES string of the molecule is CCN(CC)CCn1c(NC(=O)[C@H](C)NS(=O)(=O)c2ccc(OC)cc2)nc2ccccc21. The summed E-state index contributed by atoms with van der Waals surface area (Å²) < 4.78 is 34.8. The second-order valence-electron chi connectivity index (χ2n) is 7.61. The summed E-state index contributed by atoms with van der Waals surface area (Å²) in [4.78, 5) is 19.8. The number of methoxy groups -OCH3 is 1. The van der Waals surface area contributed by atoms with Gasteiger partial charge in [-0.1, -0.05) is 26.0 Å². The number of imidazole rings is 1. The molecule has 3 rings (SSSR count). The van der Waals surface area contributed by atoms with Crippen LogP contribution in [0.3, 0.4) is 0 Å². The molecule has 0 radical (unpaired) electrons. The maximum atomic E-state index is 12.9. The zero-order valence-corrected chi connectivity index (χ0v) is 20.2. The molecule has 0 aliphatic carbocycles. The Morgan fingerprint density at radius 2 is 1.79 bits per heavy atom. The second kappa shape index (κ2) is 10.8. The van der Waals surface area contributed by atoms with Gasteiger partial charge in [0.15, 0.2) is 0 Å². The van der Waals surface area contributed by atoms with Crippen molar-refractivity contribution < 1.29 is 17.9 Å². The minimum atomic E-state index is -3.89. The summed E-state index contributed by atoms with van der Waals surface area (Å²) in [6, 6.07) is 12.6. The van der Waals surface area contributed by atoms with Crippen LogP contribution in [-0.4, -0.2) is 61.6 Å². The quantitative estimate of drug-likeness (QED) is 0.444. The van der Waals surface area contributed by atoms with Gasteiger partial charge in [0.25, 0.3) is 0 Å². The number of hydrogen-bond donors (Lipinski definition) is 2. The summed E-state index contributed by atoms with van der Waals surface area (Å²) >= 11 is 0. The molecule has 1 heterocycles. The van der Waals surface area contributed by atoms with Crippen LogP contribution in [0.4, 0.5) is 5.95 Å². The van der Waals surface area contributed by atoms with Crippen LogP contribution in [0.25, 0.3) is 11.0 Å². The first-order valence-electron chi connectivity index (χ1n) is 10.9. The van der Waals surface area contributed by atoms with Crippen molar-refractivity contribution in [3.05, 3.63) is 48.5 Å². The van der Waals surface area contributed by atoms with Gasteiger partial charge < -0.3 is 14.2 Å². The number of aromatic nitrogens is 2. The molecule has 3 aromatic rings. The highest BCUT2D eigenvalue weighted by Crippen LogP contribution is 2.20. The van der Waals surface area contributed by atoms with Crippen LogP contribution in [0.15, 0.2) is 53.4 Å². The molecule has 33 heavy (non-hydrogen) atoms. The van der Waals surface area contributed by atoms with Crippen molar-refractivity contribution in [2.45, 2.75) is 38.3 Å². The highest BCUT2D eigenvalue weighted by atomic mass is 32.2. The van der Waals surface area contributed by atoms with Gasteiger partial charge in [0, 0.05) is 13.1 Å². The Labute approximate surface area is 194 Å². The lowest BCUT2D eigenvalue weighted by molar-refractivity contribution is -0.117. The van der Waals surface area contributed by atoms with Gasteiger partial charge in [-0.3, -0.25) is 10.1 Å². The molecule has 9 nitrogen and oxygen atoms in total. The number of sulfonamides is 1. The number of hydrogen-bond acceptors (Lipinski definition) is 6. The molecule has 2 N–H and O–H groups in total. The van der Waals surface area contributed by atoms with Crippen LogP contribution in [0.2, 0.25) is 0 Å². The van der Waals surface area contributed by atoms with Crippen molar-refractivity contribution in [2.24, 2.45) is 0 Å². The normalized spacial score (nSPS) is 12.8. The third kappa shape index (κ3) is 5.89. The molecule has 0 unspecified atom stereocenters. The van der Waals surface area contributed by atoms with Crippen molar-refractivity contribution in [3.8, 4) is 5.75 Å². The highest BCUT2D eigenvalue weighted by molar-refractivity contribution is 7.89. The largest absolute Gasteiger partial charge is 0.497 e. The van der Waals surface area contributed by atoms with E-state index in [0.717, 1.165) is 30.7 Å². The van der Waals surface area contributed by atoms with Gasteiger partial charge in [0.05, 0.1) is 29.1 Å². The van der Waals surface area contributed by atoms with Gasteiger partial charge in [-0.2, -0.15) is 4.72 Å². The minimum absolute atomic E-state index is 0.0504. The van der Waals surface area contributed by atoms with Crippen molar-refractivity contribution >= 4 is 32.9 Å². The summed E-state index contributed by atoms with van der Waals surface area (Å²) in [5, 5.41) is 2.80. The van der Waals surface area contributed by atoms with Crippen LogP contribution >= 0.6 is 0 Å². The fourth-order valence-corrected chi connectivity index (χ4v) is 4.71. The molecule has 0 fully saturated rings. The van der Waals surface area contributed by atoms with Gasteiger partial charge in [-0.25, -0.2) is 13.4 Å². The van der Waals surface area contributed by atoms with Crippen LogP contribution < -0.4 is 14.8 Å². The van der Waals surface area contributed by atoms with E-state index in [2.05, 4.69) is 33.8 Å². The molecule has 1 amide bonds. The van der Waals surface area contributed by atoms with E-state index in [9.17, 15) is 13.2 Å². The molecule has 0 spiro atoms. The third-order valence-corrected chi connectivity index (χ3v) is 7.08. The molecule has 0 saturated carbocycles. The smallest absolute Gasteiger partial charge is 0.244 e. The van der Waals surface area contributed by atoms with Gasteiger partial charge >= 0.3 is 0 Å². The monoisotopic (exact) mass is 473 g/mol. The summed E-state index contributed by atoms with van der Waals surface area (Å²) in [7, 11) is -2.38. The molecule has 1 aromatic heterocycles. The van der Waals surface area contributed by atoms with E-state index in [1.165, 1.54) is 26.2 Å². The number of anilines is 1. The van der Waals surface area contributed by atoms with Gasteiger partial charge in [-0.05, 0) is 56.4 Å². The number of benzene rings is 2. The first-order valence-corrected chi connectivity index (χ1v) is 12.4. The highest BCUT2D eigenvalue weighted by Gasteiger charge is 2.24. The Kier molecular flexibility index (Phi) is 8.06.